The van der Waals surface area contributed by atoms with Gasteiger partial charge in [-0.3, -0.25) is 0 Å². The largest absolute Gasteiger partial charge is 0.0895 e. The van der Waals surface area contributed by atoms with E-state index in [-0.39, 0.29) is 0 Å². The third-order valence-electron chi connectivity index (χ3n) is 6.65. The Hall–Kier alpha value is -2.12. The molecular formula is C26H26Si. The second-order valence-electron chi connectivity index (χ2n) is 8.27. The van der Waals surface area contributed by atoms with Crippen LogP contribution in [0.4, 0.5) is 0 Å². The van der Waals surface area contributed by atoms with Crippen LogP contribution in [0.1, 0.15) is 61.4 Å². The second-order valence-corrected chi connectivity index (χ2v) is 9.74. The number of fused-ring (bicyclic) bond motifs is 2. The van der Waals surface area contributed by atoms with Gasteiger partial charge in [0.15, 0.2) is 0 Å². The quantitative estimate of drug-likeness (QED) is 0.535. The third kappa shape index (κ3) is 2.71. The molecule has 0 spiro atoms. The van der Waals surface area contributed by atoms with Crippen LogP contribution in [0.15, 0.2) is 64.4 Å². The van der Waals surface area contributed by atoms with E-state index in [9.17, 15) is 0 Å². The van der Waals surface area contributed by atoms with Crippen molar-refractivity contribution in [2.24, 2.45) is 0 Å². The summed E-state index contributed by atoms with van der Waals surface area (Å²) in [4.78, 5) is 0. The molecule has 2 radical (unpaired) electrons. The minimum Gasteiger partial charge on any atom is -0.0777 e. The van der Waals surface area contributed by atoms with Crippen LogP contribution in [0.5, 0.6) is 0 Å². The summed E-state index contributed by atoms with van der Waals surface area (Å²) in [6.45, 7) is 6.93. The van der Waals surface area contributed by atoms with E-state index in [1.165, 1.54) is 41.5 Å². The molecule has 0 saturated carbocycles. The van der Waals surface area contributed by atoms with E-state index < -0.39 is 0 Å². The van der Waals surface area contributed by atoms with E-state index >= 15 is 0 Å². The Bertz CT molecular complexity index is 1020. The fourth-order valence-electron chi connectivity index (χ4n) is 5.00. The molecule has 3 aliphatic carbocycles. The van der Waals surface area contributed by atoms with Gasteiger partial charge in [-0.1, -0.05) is 70.5 Å². The Kier molecular flexibility index (Phi) is 4.09. The van der Waals surface area contributed by atoms with Crippen molar-refractivity contribution in [1.29, 1.82) is 0 Å². The number of hydrogen-bond donors (Lipinski definition) is 0. The van der Waals surface area contributed by atoms with Gasteiger partial charge < -0.3 is 0 Å². The average molecular weight is 367 g/mol. The van der Waals surface area contributed by atoms with Crippen LogP contribution in [-0.4, -0.2) is 9.52 Å². The molecule has 0 aromatic heterocycles. The third-order valence-corrected chi connectivity index (χ3v) is 8.63. The Balaban J connectivity index is 1.64. The summed E-state index contributed by atoms with van der Waals surface area (Å²) in [7, 11) is 0.881. The molecule has 0 aliphatic heterocycles. The summed E-state index contributed by atoms with van der Waals surface area (Å²) < 4.78 is 0. The lowest BCUT2D eigenvalue weighted by Gasteiger charge is -2.19. The molecule has 134 valence electrons. The Morgan fingerprint density at radius 1 is 1.00 bits per heavy atom. The van der Waals surface area contributed by atoms with Crippen LogP contribution in [0.2, 0.25) is 0 Å². The zero-order valence-corrected chi connectivity index (χ0v) is 17.5. The summed E-state index contributed by atoms with van der Waals surface area (Å²) in [6.07, 6.45) is 9.86. The molecule has 5 rings (SSSR count). The first kappa shape index (κ1) is 17.0. The van der Waals surface area contributed by atoms with Gasteiger partial charge in [0.1, 0.15) is 0 Å². The number of hydrogen-bond acceptors (Lipinski definition) is 0. The molecule has 2 aromatic rings. The Morgan fingerprint density at radius 3 is 2.56 bits per heavy atom. The smallest absolute Gasteiger partial charge is 0.0777 e. The van der Waals surface area contributed by atoms with E-state index in [0.717, 1.165) is 15.9 Å². The average Bonchev–Trinajstić information content (AvgIpc) is 3.35. The van der Waals surface area contributed by atoms with Crippen molar-refractivity contribution >= 4 is 15.6 Å². The van der Waals surface area contributed by atoms with Gasteiger partial charge in [-0.15, -0.1) is 0 Å². The number of aryl methyl sites for hydroxylation is 1. The van der Waals surface area contributed by atoms with Crippen molar-refractivity contribution in [2.45, 2.75) is 52.0 Å². The molecule has 0 bridgehead atoms. The highest BCUT2D eigenvalue weighted by Crippen LogP contribution is 2.46. The lowest BCUT2D eigenvalue weighted by molar-refractivity contribution is 0.911. The molecule has 0 saturated heterocycles. The molecule has 0 N–H and O–H groups in total. The SMILES string of the molecule is CC1=CCC([Si]C2C(C)=Cc3c2cc2c(c3-c3ccccc3)CCC2)=C1C. The Morgan fingerprint density at radius 2 is 1.81 bits per heavy atom. The zero-order valence-electron chi connectivity index (χ0n) is 16.5. The topological polar surface area (TPSA) is 0 Å². The summed E-state index contributed by atoms with van der Waals surface area (Å²) in [5, 5.41) is 1.67. The van der Waals surface area contributed by atoms with Crippen molar-refractivity contribution in [3.8, 4) is 11.1 Å². The maximum absolute atomic E-state index is 2.57. The van der Waals surface area contributed by atoms with E-state index in [1.807, 2.05) is 0 Å². The monoisotopic (exact) mass is 366 g/mol. The normalized spacial score (nSPS) is 20.6. The minimum absolute atomic E-state index is 0.581. The summed E-state index contributed by atoms with van der Waals surface area (Å²) in [6, 6.07) is 13.7. The fraction of sp³-hybridized carbons (Fsp3) is 0.308. The van der Waals surface area contributed by atoms with Gasteiger partial charge in [-0.2, -0.15) is 0 Å². The highest BCUT2D eigenvalue weighted by Gasteiger charge is 2.31. The van der Waals surface area contributed by atoms with E-state index in [1.54, 1.807) is 33.0 Å². The number of allylic oxidation sites excluding steroid dienone is 5. The first-order valence-corrected chi connectivity index (χ1v) is 11.3. The van der Waals surface area contributed by atoms with Crippen LogP contribution in [0, 0.1) is 0 Å². The van der Waals surface area contributed by atoms with Gasteiger partial charge in [-0.05, 0) is 79.8 Å². The molecule has 1 unspecified atom stereocenters. The predicted molar refractivity (Wildman–Crippen MR) is 117 cm³/mol. The molecule has 1 heteroatoms. The first-order chi connectivity index (χ1) is 13.1. The molecule has 27 heavy (non-hydrogen) atoms. The molecular weight excluding hydrogens is 340 g/mol. The molecule has 1 atom stereocenters. The molecule has 0 heterocycles. The highest BCUT2D eigenvalue weighted by atomic mass is 28.2. The predicted octanol–water partition coefficient (Wildman–Crippen LogP) is 6.63. The van der Waals surface area contributed by atoms with E-state index in [2.05, 4.69) is 69.3 Å². The molecule has 2 aromatic carbocycles. The van der Waals surface area contributed by atoms with Gasteiger partial charge in [0, 0.05) is 5.54 Å². The number of rotatable bonds is 3. The van der Waals surface area contributed by atoms with Crippen molar-refractivity contribution in [3.05, 3.63) is 86.6 Å². The lowest BCUT2D eigenvalue weighted by Crippen LogP contribution is -2.11. The van der Waals surface area contributed by atoms with E-state index in [0.29, 0.717) is 5.54 Å². The van der Waals surface area contributed by atoms with Gasteiger partial charge in [-0.25, -0.2) is 0 Å². The first-order valence-electron chi connectivity index (χ1n) is 10.2. The van der Waals surface area contributed by atoms with Crippen molar-refractivity contribution < 1.29 is 0 Å². The molecule has 0 fully saturated rings. The van der Waals surface area contributed by atoms with Crippen molar-refractivity contribution in [2.75, 3.05) is 0 Å². The summed E-state index contributed by atoms with van der Waals surface area (Å²) in [5.74, 6) is 0. The van der Waals surface area contributed by atoms with Crippen LogP contribution in [0.3, 0.4) is 0 Å². The Labute approximate surface area is 165 Å². The van der Waals surface area contributed by atoms with Crippen LogP contribution >= 0.6 is 0 Å². The summed E-state index contributed by atoms with van der Waals surface area (Å²) >= 11 is 0. The van der Waals surface area contributed by atoms with Crippen molar-refractivity contribution in [3.63, 3.8) is 0 Å². The summed E-state index contributed by atoms with van der Waals surface area (Å²) in [5.41, 5.74) is 14.4. The van der Waals surface area contributed by atoms with Crippen molar-refractivity contribution in [1.82, 2.24) is 0 Å². The van der Waals surface area contributed by atoms with E-state index in [4.69, 9.17) is 0 Å². The van der Waals surface area contributed by atoms with Crippen LogP contribution in [-0.2, 0) is 12.8 Å². The standard InChI is InChI=1S/C26H26Si/c1-16-12-13-24(18(16)3)27-26-17(2)14-22-23(26)15-20-10-7-11-21(20)25(22)19-8-5-4-6-9-19/h4-6,8-9,12,14-15,26H,7,10-11,13H2,1-3H3. The van der Waals surface area contributed by atoms with Gasteiger partial charge in [0.05, 0.1) is 9.52 Å². The highest BCUT2D eigenvalue weighted by molar-refractivity contribution is 6.49. The van der Waals surface area contributed by atoms with Gasteiger partial charge in [0.2, 0.25) is 0 Å². The maximum atomic E-state index is 2.57. The van der Waals surface area contributed by atoms with Crippen LogP contribution in [0.25, 0.3) is 17.2 Å². The fourth-order valence-corrected chi connectivity index (χ4v) is 6.69. The van der Waals surface area contributed by atoms with Gasteiger partial charge in [0.25, 0.3) is 0 Å². The lowest BCUT2D eigenvalue weighted by atomic mass is 9.89. The minimum atomic E-state index is 0.581. The molecule has 0 nitrogen and oxygen atoms in total. The maximum Gasteiger partial charge on any atom is 0.0895 e. The molecule has 0 amide bonds. The van der Waals surface area contributed by atoms with Crippen LogP contribution < -0.4 is 0 Å². The van der Waals surface area contributed by atoms with Gasteiger partial charge >= 0.3 is 0 Å². The zero-order chi connectivity index (χ0) is 18.5. The molecule has 3 aliphatic rings. The number of benzene rings is 2. The second kappa shape index (κ2) is 6.49.